The number of nitrogen functional groups attached to an aromatic ring is 1. The van der Waals surface area contributed by atoms with Crippen LogP contribution in [0.25, 0.3) is 0 Å². The van der Waals surface area contributed by atoms with Crippen LogP contribution >= 0.6 is 0 Å². The number of nitrogens with two attached hydrogens (primary N) is 1. The molecule has 0 heterocycles. The van der Waals surface area contributed by atoms with E-state index in [4.69, 9.17) is 10.5 Å². The van der Waals surface area contributed by atoms with Gasteiger partial charge in [-0.2, -0.15) is 0 Å². The zero-order valence-electron chi connectivity index (χ0n) is 9.88. The molecule has 94 valence electrons. The Kier molecular flexibility index (Phi) is 3.50. The summed E-state index contributed by atoms with van der Waals surface area (Å²) in [5, 5.41) is 0. The van der Waals surface area contributed by atoms with E-state index >= 15 is 0 Å². The molecule has 1 aromatic carbocycles. The van der Waals surface area contributed by atoms with Crippen LogP contribution in [0.3, 0.4) is 0 Å². The molecule has 1 aromatic rings. The highest BCUT2D eigenvalue weighted by atomic mass is 19.1. The fraction of sp³-hybridized carbons (Fsp3) is 0.538. The van der Waals surface area contributed by atoms with Gasteiger partial charge in [0.25, 0.3) is 0 Å². The third kappa shape index (κ3) is 2.68. The Balaban J connectivity index is 2.17. The van der Waals surface area contributed by atoms with Crippen molar-refractivity contribution < 1.29 is 13.5 Å². The highest BCUT2D eigenvalue weighted by Gasteiger charge is 2.24. The molecule has 4 heteroatoms. The lowest BCUT2D eigenvalue weighted by molar-refractivity contribution is 0.103. The predicted molar refractivity (Wildman–Crippen MR) is 62.8 cm³/mol. The third-order valence-electron chi connectivity index (χ3n) is 3.37. The van der Waals surface area contributed by atoms with Crippen molar-refractivity contribution >= 4 is 5.69 Å². The van der Waals surface area contributed by atoms with Gasteiger partial charge in [-0.25, -0.2) is 8.78 Å². The van der Waals surface area contributed by atoms with E-state index in [1.807, 2.05) is 0 Å². The average Bonchev–Trinajstić information content (AvgIpc) is 2.28. The van der Waals surface area contributed by atoms with E-state index in [2.05, 4.69) is 6.92 Å². The van der Waals surface area contributed by atoms with Crippen molar-refractivity contribution in [2.75, 3.05) is 5.73 Å². The van der Waals surface area contributed by atoms with E-state index in [9.17, 15) is 8.78 Å². The number of halogens is 2. The third-order valence-corrected chi connectivity index (χ3v) is 3.37. The second-order valence-electron chi connectivity index (χ2n) is 4.72. The summed E-state index contributed by atoms with van der Waals surface area (Å²) >= 11 is 0. The van der Waals surface area contributed by atoms with Crippen LogP contribution in [0.1, 0.15) is 32.6 Å². The van der Waals surface area contributed by atoms with Crippen molar-refractivity contribution in [1.82, 2.24) is 0 Å². The number of ether oxygens (including phenoxy) is 1. The van der Waals surface area contributed by atoms with E-state index < -0.39 is 11.6 Å². The van der Waals surface area contributed by atoms with Gasteiger partial charge in [0.2, 0.25) is 0 Å². The number of benzene rings is 1. The van der Waals surface area contributed by atoms with Crippen LogP contribution in [0.5, 0.6) is 5.75 Å². The van der Waals surface area contributed by atoms with Crippen LogP contribution < -0.4 is 10.5 Å². The van der Waals surface area contributed by atoms with E-state index in [1.54, 1.807) is 0 Å². The number of hydrogen-bond donors (Lipinski definition) is 1. The molecule has 17 heavy (non-hydrogen) atoms. The first-order chi connectivity index (χ1) is 8.08. The van der Waals surface area contributed by atoms with Crippen LogP contribution in [0, 0.1) is 17.6 Å². The van der Waals surface area contributed by atoms with Crippen LogP contribution in [-0.4, -0.2) is 6.10 Å². The Hall–Kier alpha value is -1.32. The highest BCUT2D eigenvalue weighted by molar-refractivity contribution is 5.53. The van der Waals surface area contributed by atoms with Gasteiger partial charge in [-0.1, -0.05) is 13.3 Å². The molecule has 0 amide bonds. The molecule has 2 N–H and O–H groups in total. The molecule has 0 aliphatic heterocycles. The summed E-state index contributed by atoms with van der Waals surface area (Å²) in [4.78, 5) is 0. The van der Waals surface area contributed by atoms with E-state index in [0.29, 0.717) is 5.92 Å². The van der Waals surface area contributed by atoms with Crippen molar-refractivity contribution in [1.29, 1.82) is 0 Å². The summed E-state index contributed by atoms with van der Waals surface area (Å²) in [5.41, 5.74) is 5.44. The number of rotatable bonds is 2. The maximum absolute atomic E-state index is 13.2. The molecule has 0 spiro atoms. The summed E-state index contributed by atoms with van der Waals surface area (Å²) in [7, 11) is 0. The van der Waals surface area contributed by atoms with Gasteiger partial charge in [-0.3, -0.25) is 0 Å². The fourth-order valence-electron chi connectivity index (χ4n) is 2.28. The molecule has 0 radical (unpaired) electrons. The Morgan fingerprint density at radius 2 is 1.94 bits per heavy atom. The molecule has 1 aliphatic carbocycles. The van der Waals surface area contributed by atoms with Crippen LogP contribution in [0.4, 0.5) is 14.5 Å². The first-order valence-electron chi connectivity index (χ1n) is 5.99. The Bertz CT molecular complexity index is 409. The minimum Gasteiger partial charge on any atom is -0.488 e. The van der Waals surface area contributed by atoms with Crippen molar-refractivity contribution in [2.24, 2.45) is 5.92 Å². The first-order valence-corrected chi connectivity index (χ1v) is 5.99. The average molecular weight is 241 g/mol. The molecule has 1 fully saturated rings. The zero-order valence-corrected chi connectivity index (χ0v) is 9.88. The molecular formula is C13H17F2NO. The molecule has 0 aromatic heterocycles. The van der Waals surface area contributed by atoms with Crippen molar-refractivity contribution in [3.8, 4) is 5.75 Å². The number of hydrogen-bond acceptors (Lipinski definition) is 2. The summed E-state index contributed by atoms with van der Waals surface area (Å²) in [6, 6.07) is 1.92. The van der Waals surface area contributed by atoms with E-state index in [0.717, 1.165) is 31.4 Å². The minimum atomic E-state index is -0.761. The summed E-state index contributed by atoms with van der Waals surface area (Å²) in [6.45, 7) is 2.09. The lowest BCUT2D eigenvalue weighted by atomic mass is 9.88. The van der Waals surface area contributed by atoms with E-state index in [-0.39, 0.29) is 17.5 Å². The quantitative estimate of drug-likeness (QED) is 0.804. The van der Waals surface area contributed by atoms with Gasteiger partial charge in [0.1, 0.15) is 23.4 Å². The van der Waals surface area contributed by atoms with Crippen LogP contribution in [0.15, 0.2) is 12.1 Å². The maximum atomic E-state index is 13.2. The monoisotopic (exact) mass is 241 g/mol. The molecule has 0 saturated heterocycles. The Morgan fingerprint density at radius 3 is 2.65 bits per heavy atom. The molecule has 2 rings (SSSR count). The lowest BCUT2D eigenvalue weighted by Crippen LogP contribution is -2.28. The minimum absolute atomic E-state index is 0.00671. The van der Waals surface area contributed by atoms with Crippen LogP contribution in [0.2, 0.25) is 0 Å². The molecule has 1 saturated carbocycles. The summed E-state index contributed by atoms with van der Waals surface area (Å²) < 4.78 is 32.0. The smallest absolute Gasteiger partial charge is 0.152 e. The van der Waals surface area contributed by atoms with Gasteiger partial charge < -0.3 is 10.5 Å². The second-order valence-corrected chi connectivity index (χ2v) is 4.72. The van der Waals surface area contributed by atoms with Crippen molar-refractivity contribution in [3.63, 3.8) is 0 Å². The molecule has 2 atom stereocenters. The predicted octanol–water partition coefficient (Wildman–Crippen LogP) is 3.50. The maximum Gasteiger partial charge on any atom is 0.152 e. The zero-order chi connectivity index (χ0) is 12.4. The van der Waals surface area contributed by atoms with Crippen LogP contribution in [-0.2, 0) is 0 Å². The normalized spacial score (nSPS) is 24.6. The summed E-state index contributed by atoms with van der Waals surface area (Å²) in [6.07, 6.45) is 4.29. The van der Waals surface area contributed by atoms with Gasteiger partial charge in [-0.05, 0) is 25.2 Å². The van der Waals surface area contributed by atoms with Gasteiger partial charge >= 0.3 is 0 Å². The SMILES string of the molecule is CC1CCCCC1Oc1cc(F)cc(F)c1N. The second kappa shape index (κ2) is 4.90. The molecule has 2 unspecified atom stereocenters. The van der Waals surface area contributed by atoms with Gasteiger partial charge in [0.15, 0.2) is 5.82 Å². The van der Waals surface area contributed by atoms with Gasteiger partial charge in [-0.15, -0.1) is 0 Å². The van der Waals surface area contributed by atoms with Gasteiger partial charge in [0.05, 0.1) is 0 Å². The molecule has 1 aliphatic rings. The topological polar surface area (TPSA) is 35.2 Å². The van der Waals surface area contributed by atoms with E-state index in [1.165, 1.54) is 6.42 Å². The first kappa shape index (κ1) is 12.1. The number of anilines is 1. The highest BCUT2D eigenvalue weighted by Crippen LogP contribution is 2.32. The molecular weight excluding hydrogens is 224 g/mol. The lowest BCUT2D eigenvalue weighted by Gasteiger charge is -2.29. The molecule has 0 bridgehead atoms. The Morgan fingerprint density at radius 1 is 1.24 bits per heavy atom. The molecule has 2 nitrogen and oxygen atoms in total. The fourth-order valence-corrected chi connectivity index (χ4v) is 2.28. The standard InChI is InChI=1S/C13H17F2NO/c1-8-4-2-3-5-11(8)17-12-7-9(14)6-10(15)13(12)16/h6-8,11H,2-5,16H2,1H3. The Labute approximate surface area is 99.8 Å². The summed E-state index contributed by atoms with van der Waals surface area (Å²) in [5.74, 6) is -0.894. The largest absolute Gasteiger partial charge is 0.488 e. The van der Waals surface area contributed by atoms with Crippen molar-refractivity contribution in [3.05, 3.63) is 23.8 Å². The van der Waals surface area contributed by atoms with Gasteiger partial charge in [0, 0.05) is 12.1 Å². The van der Waals surface area contributed by atoms with Crippen molar-refractivity contribution in [2.45, 2.75) is 38.7 Å².